The van der Waals surface area contributed by atoms with Gasteiger partial charge >= 0.3 is 5.00 Å². The number of carbonyl (C=O) groups excluding carboxylic acids is 1. The van der Waals surface area contributed by atoms with Gasteiger partial charge in [0.25, 0.3) is 5.91 Å². The minimum Gasteiger partial charge on any atom is -0.351 e. The highest BCUT2D eigenvalue weighted by atomic mass is 32.2. The Morgan fingerprint density at radius 1 is 1.50 bits per heavy atom. The van der Waals surface area contributed by atoms with Crippen molar-refractivity contribution in [1.82, 2.24) is 5.32 Å². The monoisotopic (exact) mass is 292 g/mol. The summed E-state index contributed by atoms with van der Waals surface area (Å²) in [5.74, 6) is -0.431. The van der Waals surface area contributed by atoms with Crippen molar-refractivity contribution in [2.75, 3.05) is 18.6 Å². The topological polar surface area (TPSA) is 106 Å². The summed E-state index contributed by atoms with van der Waals surface area (Å²) in [5, 5.41) is 12.8. The zero-order chi connectivity index (χ0) is 13.8. The zero-order valence-corrected chi connectivity index (χ0v) is 11.2. The molecule has 1 rings (SSSR count). The summed E-state index contributed by atoms with van der Waals surface area (Å²) in [5.41, 5.74) is 0. The number of thiophene rings is 1. The molecule has 1 aromatic heterocycles. The molecular formula is C9H12N2O5S2. The van der Waals surface area contributed by atoms with Crippen molar-refractivity contribution in [1.29, 1.82) is 0 Å². The Hall–Kier alpha value is -1.48. The van der Waals surface area contributed by atoms with Gasteiger partial charge in [-0.1, -0.05) is 11.3 Å². The third-order valence-corrected chi connectivity index (χ3v) is 4.04. The fraction of sp³-hybridized carbons (Fsp3) is 0.444. The van der Waals surface area contributed by atoms with Crippen LogP contribution < -0.4 is 5.32 Å². The molecule has 18 heavy (non-hydrogen) atoms. The summed E-state index contributed by atoms with van der Waals surface area (Å²) in [6, 6.07) is 2.63. The van der Waals surface area contributed by atoms with Crippen LogP contribution in [0.2, 0.25) is 0 Å². The smallest absolute Gasteiger partial charge is 0.324 e. The molecule has 0 aliphatic heterocycles. The van der Waals surface area contributed by atoms with Crippen molar-refractivity contribution in [2.24, 2.45) is 0 Å². The van der Waals surface area contributed by atoms with Gasteiger partial charge in [-0.15, -0.1) is 0 Å². The summed E-state index contributed by atoms with van der Waals surface area (Å²) in [4.78, 5) is 21.6. The maximum Gasteiger partial charge on any atom is 0.324 e. The van der Waals surface area contributed by atoms with E-state index in [1.54, 1.807) is 0 Å². The van der Waals surface area contributed by atoms with E-state index < -0.39 is 20.7 Å². The van der Waals surface area contributed by atoms with E-state index in [1.165, 1.54) is 12.1 Å². The van der Waals surface area contributed by atoms with Crippen LogP contribution in [-0.2, 0) is 9.84 Å². The number of rotatable bonds is 6. The summed E-state index contributed by atoms with van der Waals surface area (Å²) >= 11 is 0.783. The van der Waals surface area contributed by atoms with Crippen LogP contribution in [0.5, 0.6) is 0 Å². The first-order chi connectivity index (χ1) is 8.29. The normalized spacial score (nSPS) is 11.2. The molecule has 0 fully saturated rings. The molecule has 0 aromatic carbocycles. The summed E-state index contributed by atoms with van der Waals surface area (Å²) in [6.45, 7) is 0.220. The Kier molecular flexibility index (Phi) is 4.79. The fourth-order valence-corrected chi connectivity index (χ4v) is 2.58. The molecule has 9 heteroatoms. The molecule has 0 bridgehead atoms. The number of nitrogens with one attached hydrogen (secondary N) is 1. The highest BCUT2D eigenvalue weighted by molar-refractivity contribution is 7.90. The Morgan fingerprint density at radius 3 is 2.67 bits per heavy atom. The lowest BCUT2D eigenvalue weighted by molar-refractivity contribution is -0.380. The van der Waals surface area contributed by atoms with Crippen LogP contribution in [-0.4, -0.2) is 37.8 Å². The number of carbonyl (C=O) groups is 1. The van der Waals surface area contributed by atoms with E-state index in [9.17, 15) is 23.3 Å². The zero-order valence-electron chi connectivity index (χ0n) is 9.58. The molecule has 0 saturated heterocycles. The highest BCUT2D eigenvalue weighted by Gasteiger charge is 2.14. The lowest BCUT2D eigenvalue weighted by Crippen LogP contribution is -2.25. The second-order valence-electron chi connectivity index (χ2n) is 3.63. The van der Waals surface area contributed by atoms with Crippen molar-refractivity contribution in [2.45, 2.75) is 6.42 Å². The van der Waals surface area contributed by atoms with Gasteiger partial charge in [-0.2, -0.15) is 0 Å². The predicted molar refractivity (Wildman–Crippen MR) is 67.6 cm³/mol. The summed E-state index contributed by atoms with van der Waals surface area (Å²) in [7, 11) is -3.03. The quantitative estimate of drug-likeness (QED) is 0.474. The Labute approximate surface area is 108 Å². The molecular weight excluding hydrogens is 280 g/mol. The number of amides is 1. The van der Waals surface area contributed by atoms with Crippen LogP contribution in [0, 0.1) is 10.1 Å². The third kappa shape index (κ3) is 4.80. The van der Waals surface area contributed by atoms with Gasteiger partial charge in [0, 0.05) is 18.9 Å². The standard InChI is InChI=1S/C9H12N2O5S2/c1-18(15,16)6-2-5-10-9(12)7-3-4-8(17-7)11(13)14/h3-4H,2,5-6H2,1H3,(H,10,12). The lowest BCUT2D eigenvalue weighted by Gasteiger charge is -2.02. The van der Waals surface area contributed by atoms with E-state index in [4.69, 9.17) is 0 Å². The van der Waals surface area contributed by atoms with Crippen molar-refractivity contribution in [3.05, 3.63) is 27.1 Å². The maximum absolute atomic E-state index is 11.5. The van der Waals surface area contributed by atoms with E-state index in [-0.39, 0.29) is 22.2 Å². The van der Waals surface area contributed by atoms with Crippen LogP contribution in [0.3, 0.4) is 0 Å². The van der Waals surface area contributed by atoms with E-state index in [0.717, 1.165) is 17.6 Å². The molecule has 100 valence electrons. The molecule has 0 aliphatic carbocycles. The minimum absolute atomic E-state index is 0.00211. The minimum atomic E-state index is -3.03. The average molecular weight is 292 g/mol. The molecule has 0 atom stereocenters. The first kappa shape index (κ1) is 14.6. The third-order valence-electron chi connectivity index (χ3n) is 1.97. The second-order valence-corrected chi connectivity index (χ2v) is 6.96. The molecule has 1 heterocycles. The molecule has 1 aromatic rings. The van der Waals surface area contributed by atoms with Crippen molar-refractivity contribution >= 4 is 32.1 Å². The first-order valence-corrected chi connectivity index (χ1v) is 7.87. The van der Waals surface area contributed by atoms with Gasteiger partial charge in [-0.05, 0) is 12.5 Å². The van der Waals surface area contributed by atoms with E-state index in [2.05, 4.69) is 5.32 Å². The van der Waals surface area contributed by atoms with Crippen LogP contribution in [0.25, 0.3) is 0 Å². The van der Waals surface area contributed by atoms with Gasteiger partial charge in [0.05, 0.1) is 15.6 Å². The van der Waals surface area contributed by atoms with Gasteiger partial charge in [0.15, 0.2) is 0 Å². The molecule has 1 N–H and O–H groups in total. The number of hydrogen-bond acceptors (Lipinski definition) is 6. The van der Waals surface area contributed by atoms with Crippen LogP contribution in [0.1, 0.15) is 16.1 Å². The molecule has 7 nitrogen and oxygen atoms in total. The SMILES string of the molecule is CS(=O)(=O)CCCNC(=O)c1ccc([N+](=O)[O-])s1. The van der Waals surface area contributed by atoms with Gasteiger partial charge in [-0.25, -0.2) is 8.42 Å². The number of sulfone groups is 1. The summed E-state index contributed by atoms with van der Waals surface area (Å²) < 4.78 is 21.7. The fourth-order valence-electron chi connectivity index (χ4n) is 1.17. The van der Waals surface area contributed by atoms with Gasteiger partial charge in [0.2, 0.25) is 0 Å². The molecule has 0 unspecified atom stereocenters. The van der Waals surface area contributed by atoms with Crippen LogP contribution in [0.4, 0.5) is 5.00 Å². The van der Waals surface area contributed by atoms with Crippen LogP contribution in [0.15, 0.2) is 12.1 Å². The Bertz CT molecular complexity index is 549. The Morgan fingerprint density at radius 2 is 2.17 bits per heavy atom. The predicted octanol–water partition coefficient (Wildman–Crippen LogP) is 0.821. The Balaban J connectivity index is 2.43. The van der Waals surface area contributed by atoms with Gasteiger partial charge < -0.3 is 5.32 Å². The van der Waals surface area contributed by atoms with Gasteiger partial charge in [-0.3, -0.25) is 14.9 Å². The van der Waals surface area contributed by atoms with E-state index in [0.29, 0.717) is 6.42 Å². The lowest BCUT2D eigenvalue weighted by atomic mass is 10.4. The number of nitro groups is 1. The second kappa shape index (κ2) is 5.91. The van der Waals surface area contributed by atoms with Gasteiger partial charge in [0.1, 0.15) is 9.84 Å². The first-order valence-electron chi connectivity index (χ1n) is 5.00. The molecule has 0 aliphatic rings. The molecule has 0 spiro atoms. The molecule has 1 amide bonds. The molecule has 0 saturated carbocycles. The highest BCUT2D eigenvalue weighted by Crippen LogP contribution is 2.23. The van der Waals surface area contributed by atoms with E-state index >= 15 is 0 Å². The number of nitrogens with zero attached hydrogens (tertiary/aromatic N) is 1. The van der Waals surface area contributed by atoms with E-state index in [1.807, 2.05) is 0 Å². The average Bonchev–Trinajstić information content (AvgIpc) is 2.72. The van der Waals surface area contributed by atoms with Crippen LogP contribution >= 0.6 is 11.3 Å². The maximum atomic E-state index is 11.5. The van der Waals surface area contributed by atoms with Crippen molar-refractivity contribution in [3.63, 3.8) is 0 Å². The summed E-state index contributed by atoms with van der Waals surface area (Å²) in [6.07, 6.45) is 1.44. The molecule has 0 radical (unpaired) electrons. The largest absolute Gasteiger partial charge is 0.351 e. The number of hydrogen-bond donors (Lipinski definition) is 1. The van der Waals surface area contributed by atoms with Crippen molar-refractivity contribution in [3.8, 4) is 0 Å². The van der Waals surface area contributed by atoms with Crippen molar-refractivity contribution < 1.29 is 18.1 Å².